The Bertz CT molecular complexity index is 432. The van der Waals surface area contributed by atoms with Crippen LogP contribution in [0.2, 0.25) is 5.02 Å². The zero-order valence-corrected chi connectivity index (χ0v) is 12.0. The molecule has 3 nitrogen and oxygen atoms in total. The van der Waals surface area contributed by atoms with Gasteiger partial charge in [-0.1, -0.05) is 25.4 Å². The Morgan fingerprint density at radius 2 is 2.00 bits per heavy atom. The molecule has 0 aliphatic carbocycles. The lowest BCUT2D eigenvalue weighted by atomic mass is 10.0. The van der Waals surface area contributed by atoms with Crippen LogP contribution in [0.5, 0.6) is 0 Å². The molecule has 0 saturated carbocycles. The van der Waals surface area contributed by atoms with Crippen LogP contribution >= 0.6 is 11.6 Å². The molecule has 0 amide bonds. The summed E-state index contributed by atoms with van der Waals surface area (Å²) in [5.41, 5.74) is 1.09. The zero-order valence-electron chi connectivity index (χ0n) is 11.3. The number of rotatable bonds is 5. The molecule has 0 bridgehead atoms. The molecule has 100 valence electrons. The monoisotopic (exact) mass is 269 g/mol. The van der Waals surface area contributed by atoms with Crippen molar-refractivity contribution in [3.8, 4) is 0 Å². The van der Waals surface area contributed by atoms with Crippen LogP contribution in [-0.2, 0) is 0 Å². The largest absolute Gasteiger partial charge is 0.478 e. The quantitative estimate of drug-likeness (QED) is 0.881. The SMILES string of the molecule is CC(C)CC(C)N(C)c1ccc(C(=O)O)cc1Cl. The molecule has 0 aromatic heterocycles. The predicted molar refractivity (Wildman–Crippen MR) is 75.7 cm³/mol. The lowest BCUT2D eigenvalue weighted by Gasteiger charge is -2.29. The highest BCUT2D eigenvalue weighted by molar-refractivity contribution is 6.33. The molecule has 1 unspecified atom stereocenters. The Balaban J connectivity index is 2.92. The van der Waals surface area contributed by atoms with Crippen LogP contribution in [0.1, 0.15) is 37.6 Å². The van der Waals surface area contributed by atoms with E-state index in [4.69, 9.17) is 16.7 Å². The van der Waals surface area contributed by atoms with Gasteiger partial charge in [0, 0.05) is 13.1 Å². The van der Waals surface area contributed by atoms with Gasteiger partial charge in [0.2, 0.25) is 0 Å². The fraction of sp³-hybridized carbons (Fsp3) is 0.500. The maximum Gasteiger partial charge on any atom is 0.335 e. The molecule has 0 radical (unpaired) electrons. The molecule has 1 rings (SSSR count). The summed E-state index contributed by atoms with van der Waals surface area (Å²) >= 11 is 6.14. The Morgan fingerprint density at radius 3 is 2.44 bits per heavy atom. The molecule has 0 saturated heterocycles. The van der Waals surface area contributed by atoms with Gasteiger partial charge in [-0.05, 0) is 37.5 Å². The van der Waals surface area contributed by atoms with Gasteiger partial charge in [-0.2, -0.15) is 0 Å². The van der Waals surface area contributed by atoms with E-state index < -0.39 is 5.97 Å². The van der Waals surface area contributed by atoms with E-state index in [2.05, 4.69) is 25.7 Å². The average Bonchev–Trinajstić information content (AvgIpc) is 2.26. The summed E-state index contributed by atoms with van der Waals surface area (Å²) in [6.07, 6.45) is 1.06. The van der Waals surface area contributed by atoms with E-state index in [1.807, 2.05) is 7.05 Å². The van der Waals surface area contributed by atoms with Gasteiger partial charge in [-0.3, -0.25) is 0 Å². The minimum absolute atomic E-state index is 0.216. The van der Waals surface area contributed by atoms with Crippen LogP contribution in [0, 0.1) is 5.92 Å². The first-order valence-corrected chi connectivity index (χ1v) is 6.46. The highest BCUT2D eigenvalue weighted by Gasteiger charge is 2.15. The van der Waals surface area contributed by atoms with Gasteiger partial charge >= 0.3 is 5.97 Å². The number of aromatic carboxylic acids is 1. The Kier molecular flexibility index (Phi) is 5.03. The number of benzene rings is 1. The maximum atomic E-state index is 10.8. The zero-order chi connectivity index (χ0) is 13.9. The van der Waals surface area contributed by atoms with Gasteiger partial charge in [0.05, 0.1) is 16.3 Å². The number of hydrogen-bond acceptors (Lipinski definition) is 2. The van der Waals surface area contributed by atoms with E-state index in [0.29, 0.717) is 17.0 Å². The van der Waals surface area contributed by atoms with Gasteiger partial charge in [0.1, 0.15) is 0 Å². The third-order valence-electron chi connectivity index (χ3n) is 3.05. The van der Waals surface area contributed by atoms with Crippen molar-refractivity contribution < 1.29 is 9.90 Å². The van der Waals surface area contributed by atoms with Gasteiger partial charge in [-0.15, -0.1) is 0 Å². The van der Waals surface area contributed by atoms with Crippen molar-refractivity contribution in [2.45, 2.75) is 33.2 Å². The van der Waals surface area contributed by atoms with Gasteiger partial charge in [0.25, 0.3) is 0 Å². The number of carboxylic acid groups (broad SMARTS) is 1. The molecule has 0 aliphatic heterocycles. The van der Waals surface area contributed by atoms with E-state index in [-0.39, 0.29) is 5.56 Å². The van der Waals surface area contributed by atoms with Crippen LogP contribution < -0.4 is 4.90 Å². The van der Waals surface area contributed by atoms with Crippen LogP contribution in [-0.4, -0.2) is 24.2 Å². The average molecular weight is 270 g/mol. The molecule has 0 heterocycles. The predicted octanol–water partition coefficient (Wildman–Crippen LogP) is 3.91. The molecule has 1 atom stereocenters. The standard InChI is InChI=1S/C14H20ClNO2/c1-9(2)7-10(3)16(4)13-6-5-11(14(17)18)8-12(13)15/h5-6,8-10H,7H2,1-4H3,(H,17,18). The summed E-state index contributed by atoms with van der Waals surface area (Å²) in [5, 5.41) is 9.37. The van der Waals surface area contributed by atoms with Crippen molar-refractivity contribution in [3.05, 3.63) is 28.8 Å². The second kappa shape index (κ2) is 6.10. The molecular weight excluding hydrogens is 250 g/mol. The summed E-state index contributed by atoms with van der Waals surface area (Å²) in [4.78, 5) is 12.9. The van der Waals surface area contributed by atoms with Crippen molar-refractivity contribution in [1.29, 1.82) is 0 Å². The number of carboxylic acids is 1. The van der Waals surface area contributed by atoms with E-state index in [9.17, 15) is 4.79 Å². The normalized spacial score (nSPS) is 12.6. The second-order valence-electron chi connectivity index (χ2n) is 5.06. The van der Waals surface area contributed by atoms with Gasteiger partial charge in [-0.25, -0.2) is 4.79 Å². The van der Waals surface area contributed by atoms with Crippen LogP contribution in [0.25, 0.3) is 0 Å². The van der Waals surface area contributed by atoms with Crippen molar-refractivity contribution in [2.24, 2.45) is 5.92 Å². The number of halogens is 1. The lowest BCUT2D eigenvalue weighted by molar-refractivity contribution is 0.0697. The molecule has 1 aromatic carbocycles. The molecule has 1 aromatic rings. The highest BCUT2D eigenvalue weighted by Crippen LogP contribution is 2.28. The second-order valence-corrected chi connectivity index (χ2v) is 5.47. The molecule has 4 heteroatoms. The summed E-state index contributed by atoms with van der Waals surface area (Å²) in [5.74, 6) is -0.346. The first-order valence-electron chi connectivity index (χ1n) is 6.08. The molecular formula is C14H20ClNO2. The first kappa shape index (κ1) is 14.8. The lowest BCUT2D eigenvalue weighted by Crippen LogP contribution is -2.30. The molecule has 0 aliphatic rings. The van der Waals surface area contributed by atoms with E-state index in [0.717, 1.165) is 12.1 Å². The van der Waals surface area contributed by atoms with Crippen LogP contribution in [0.4, 0.5) is 5.69 Å². The molecule has 0 spiro atoms. The van der Waals surface area contributed by atoms with Crippen molar-refractivity contribution in [3.63, 3.8) is 0 Å². The van der Waals surface area contributed by atoms with Crippen molar-refractivity contribution in [1.82, 2.24) is 0 Å². The molecule has 1 N–H and O–H groups in total. The first-order chi connectivity index (χ1) is 8.32. The van der Waals surface area contributed by atoms with E-state index in [1.165, 1.54) is 6.07 Å². The van der Waals surface area contributed by atoms with Crippen LogP contribution in [0.3, 0.4) is 0 Å². The fourth-order valence-corrected chi connectivity index (χ4v) is 2.32. The number of anilines is 1. The summed E-state index contributed by atoms with van der Waals surface area (Å²) in [7, 11) is 1.98. The Morgan fingerprint density at radius 1 is 1.39 bits per heavy atom. The highest BCUT2D eigenvalue weighted by atomic mass is 35.5. The topological polar surface area (TPSA) is 40.5 Å². The molecule has 18 heavy (non-hydrogen) atoms. The number of carbonyl (C=O) groups is 1. The van der Waals surface area contributed by atoms with Gasteiger partial charge < -0.3 is 10.0 Å². The third kappa shape index (κ3) is 3.64. The molecule has 0 fully saturated rings. The van der Waals surface area contributed by atoms with Crippen molar-refractivity contribution >= 4 is 23.3 Å². The Hall–Kier alpha value is -1.22. The number of nitrogens with zero attached hydrogens (tertiary/aromatic N) is 1. The van der Waals surface area contributed by atoms with Crippen molar-refractivity contribution in [2.75, 3.05) is 11.9 Å². The minimum atomic E-state index is -0.957. The van der Waals surface area contributed by atoms with E-state index >= 15 is 0 Å². The number of hydrogen-bond donors (Lipinski definition) is 1. The summed E-state index contributed by atoms with van der Waals surface area (Å²) in [6, 6.07) is 5.21. The smallest absolute Gasteiger partial charge is 0.335 e. The van der Waals surface area contributed by atoms with E-state index in [1.54, 1.807) is 12.1 Å². The maximum absolute atomic E-state index is 10.8. The van der Waals surface area contributed by atoms with Crippen LogP contribution in [0.15, 0.2) is 18.2 Å². The van der Waals surface area contributed by atoms with Gasteiger partial charge in [0.15, 0.2) is 0 Å². The summed E-state index contributed by atoms with van der Waals surface area (Å²) in [6.45, 7) is 6.50. The Labute approximate surface area is 113 Å². The third-order valence-corrected chi connectivity index (χ3v) is 3.35. The minimum Gasteiger partial charge on any atom is -0.478 e. The fourth-order valence-electron chi connectivity index (χ4n) is 2.00. The summed E-state index contributed by atoms with van der Waals surface area (Å²) < 4.78 is 0.